The third-order valence-electron chi connectivity index (χ3n) is 6.04. The lowest BCUT2D eigenvalue weighted by Crippen LogP contribution is -2.48. The van der Waals surface area contributed by atoms with Gasteiger partial charge in [0.1, 0.15) is 0 Å². The molecule has 14 nitrogen and oxygen atoms in total. The maximum Gasteiger partial charge on any atom is 0.490 e. The number of anilines is 2. The van der Waals surface area contributed by atoms with Crippen molar-refractivity contribution in [2.75, 3.05) is 50.4 Å². The number of sulfonamides is 1. The summed E-state index contributed by atoms with van der Waals surface area (Å²) in [7, 11) is -1.27. The van der Waals surface area contributed by atoms with Crippen molar-refractivity contribution in [3.63, 3.8) is 0 Å². The van der Waals surface area contributed by atoms with E-state index < -0.39 is 28.1 Å². The van der Waals surface area contributed by atoms with Gasteiger partial charge in [-0.05, 0) is 38.6 Å². The summed E-state index contributed by atoms with van der Waals surface area (Å²) in [6.45, 7) is 2.60. The van der Waals surface area contributed by atoms with Crippen LogP contribution < -0.4 is 22.5 Å². The van der Waals surface area contributed by atoms with Crippen molar-refractivity contribution in [1.82, 2.24) is 24.5 Å². The first-order valence-corrected chi connectivity index (χ1v) is 13.7. The van der Waals surface area contributed by atoms with Gasteiger partial charge in [-0.15, -0.1) is 0 Å². The molecule has 1 aliphatic heterocycles. The van der Waals surface area contributed by atoms with Gasteiger partial charge >= 0.3 is 12.1 Å². The molecular weight excluding hydrogens is 571 g/mol. The fraction of sp³-hybridized carbons (Fsp3) is 0.650. The van der Waals surface area contributed by atoms with Gasteiger partial charge in [-0.3, -0.25) is 10.1 Å². The number of aliphatic imine (C=N–C) groups is 1. The molecule has 39 heavy (non-hydrogen) atoms. The van der Waals surface area contributed by atoms with E-state index in [9.17, 15) is 26.4 Å². The lowest BCUT2D eigenvalue weighted by atomic mass is 9.87. The van der Waals surface area contributed by atoms with Crippen LogP contribution in [0.3, 0.4) is 0 Å². The number of amides is 1. The highest BCUT2D eigenvalue weighted by molar-refractivity contribution is 7.89. The molecule has 0 aromatic carbocycles. The number of piperazine rings is 1. The number of likely N-dealkylation sites (N-methyl/N-ethyl adjacent to an activating group) is 1. The second-order valence-corrected chi connectivity index (χ2v) is 11.4. The zero-order valence-corrected chi connectivity index (χ0v) is 22.6. The zero-order valence-electron chi connectivity index (χ0n) is 21.0. The third kappa shape index (κ3) is 9.94. The first-order chi connectivity index (χ1) is 18.0. The van der Waals surface area contributed by atoms with Crippen LogP contribution in [0.5, 0.6) is 0 Å². The van der Waals surface area contributed by atoms with Gasteiger partial charge in [0.25, 0.3) is 5.91 Å². The van der Waals surface area contributed by atoms with Crippen LogP contribution in [0.25, 0.3) is 0 Å². The summed E-state index contributed by atoms with van der Waals surface area (Å²) in [5.41, 5.74) is 16.8. The summed E-state index contributed by atoms with van der Waals surface area (Å²) in [5, 5.41) is 9.42. The number of nitrogens with two attached hydrogens (primary N) is 3. The molecule has 1 saturated carbocycles. The number of hydrogen-bond donors (Lipinski definition) is 5. The summed E-state index contributed by atoms with van der Waals surface area (Å²) in [6.07, 6.45) is -2.24. The van der Waals surface area contributed by atoms with E-state index in [0.717, 1.165) is 25.9 Å². The van der Waals surface area contributed by atoms with Gasteiger partial charge in [0.2, 0.25) is 10.0 Å². The molecule has 2 heterocycles. The van der Waals surface area contributed by atoms with Crippen molar-refractivity contribution in [2.24, 2.45) is 16.6 Å². The monoisotopic (exact) mass is 601 g/mol. The van der Waals surface area contributed by atoms with Crippen LogP contribution in [0.1, 0.15) is 36.2 Å². The number of aliphatic carboxylic acids is 1. The Morgan fingerprint density at radius 3 is 2.15 bits per heavy atom. The number of alkyl halides is 3. The van der Waals surface area contributed by atoms with E-state index in [4.69, 9.17) is 38.7 Å². The highest BCUT2D eigenvalue weighted by Crippen LogP contribution is 2.28. The quantitative estimate of drug-likeness (QED) is 0.225. The van der Waals surface area contributed by atoms with Crippen LogP contribution >= 0.6 is 11.6 Å². The van der Waals surface area contributed by atoms with Crippen molar-refractivity contribution < 1.29 is 36.3 Å². The minimum absolute atomic E-state index is 0.0716. The standard InChI is InChI=1S/C18H30ClN9O3S.C2HF3O2/c1-27-6-8-28(9-7-27)32(30,31)10-11-2-4-12(5-3-11)23-18(22)26-17(29)13-15(20)25-16(21)14(19)24-13;3-2(4,5)1(6)7/h11-12H,2-10H2,1H3,(H4,20,21,25)(H3,22,23,26,29);(H,6,7). The largest absolute Gasteiger partial charge is 0.490 e. The molecule has 1 amide bonds. The lowest BCUT2D eigenvalue weighted by Gasteiger charge is -2.33. The minimum atomic E-state index is -5.08. The highest BCUT2D eigenvalue weighted by atomic mass is 35.5. The van der Waals surface area contributed by atoms with Crippen molar-refractivity contribution in [1.29, 1.82) is 0 Å². The lowest BCUT2D eigenvalue weighted by molar-refractivity contribution is -0.192. The van der Waals surface area contributed by atoms with E-state index in [0.29, 0.717) is 25.9 Å². The Hall–Kier alpha value is -2.96. The molecule has 2 fully saturated rings. The van der Waals surface area contributed by atoms with Crippen LogP contribution in [0.15, 0.2) is 4.99 Å². The average Bonchev–Trinajstić information content (AvgIpc) is 2.82. The first kappa shape index (κ1) is 32.3. The van der Waals surface area contributed by atoms with Crippen molar-refractivity contribution in [3.8, 4) is 0 Å². The van der Waals surface area contributed by atoms with Crippen LogP contribution in [-0.2, 0) is 14.8 Å². The number of nitrogens with one attached hydrogen (secondary N) is 1. The van der Waals surface area contributed by atoms with Crippen LogP contribution in [-0.4, -0.2) is 102 Å². The molecule has 2 aliphatic rings. The van der Waals surface area contributed by atoms with Gasteiger partial charge in [-0.2, -0.15) is 17.5 Å². The van der Waals surface area contributed by atoms with E-state index in [2.05, 4.69) is 25.2 Å². The summed E-state index contributed by atoms with van der Waals surface area (Å²) in [6, 6.07) is -0.101. The molecule has 1 aromatic rings. The number of carboxylic acid groups (broad SMARTS) is 1. The van der Waals surface area contributed by atoms with Crippen LogP contribution in [0, 0.1) is 5.92 Å². The Balaban J connectivity index is 0.000000673. The number of hydrogen-bond acceptors (Lipinski definition) is 10. The summed E-state index contributed by atoms with van der Waals surface area (Å²) >= 11 is 5.79. The second-order valence-electron chi connectivity index (χ2n) is 9.06. The first-order valence-electron chi connectivity index (χ1n) is 11.7. The molecule has 8 N–H and O–H groups in total. The molecule has 0 bridgehead atoms. The predicted octanol–water partition coefficient (Wildman–Crippen LogP) is 0.108. The van der Waals surface area contributed by atoms with Gasteiger partial charge < -0.3 is 27.2 Å². The summed E-state index contributed by atoms with van der Waals surface area (Å²) in [5.74, 6) is -3.51. The number of nitrogen functional groups attached to an aromatic ring is 2. The SMILES string of the molecule is CN1CCN(S(=O)(=O)CC2CCC(N=C(N)NC(=O)c3nc(Cl)c(N)nc3N)CC2)CC1.O=C(O)C(F)(F)F. The summed E-state index contributed by atoms with van der Waals surface area (Å²) in [4.78, 5) is 35.3. The Kier molecular flexibility index (Phi) is 11.1. The molecule has 0 atom stereocenters. The van der Waals surface area contributed by atoms with Gasteiger partial charge in [-0.25, -0.2) is 28.2 Å². The van der Waals surface area contributed by atoms with Crippen molar-refractivity contribution in [3.05, 3.63) is 10.8 Å². The maximum absolute atomic E-state index is 12.7. The zero-order chi connectivity index (χ0) is 29.5. The van der Waals surface area contributed by atoms with Crippen LogP contribution in [0.4, 0.5) is 24.8 Å². The molecule has 1 aliphatic carbocycles. The molecule has 1 saturated heterocycles. The molecule has 0 unspecified atom stereocenters. The van der Waals surface area contributed by atoms with E-state index in [-0.39, 0.29) is 46.2 Å². The van der Waals surface area contributed by atoms with Crippen LogP contribution in [0.2, 0.25) is 5.15 Å². The molecule has 1 aromatic heterocycles. The van der Waals surface area contributed by atoms with Crippen molar-refractivity contribution >= 4 is 51.1 Å². The second kappa shape index (κ2) is 13.4. The Morgan fingerprint density at radius 1 is 1.10 bits per heavy atom. The Labute approximate surface area is 227 Å². The van der Waals surface area contributed by atoms with Gasteiger partial charge in [0, 0.05) is 26.2 Å². The molecule has 3 rings (SSSR count). The van der Waals surface area contributed by atoms with Gasteiger partial charge in [-0.1, -0.05) is 11.6 Å². The van der Waals surface area contributed by atoms with Gasteiger partial charge in [0.15, 0.2) is 28.4 Å². The van der Waals surface area contributed by atoms with E-state index in [1.807, 2.05) is 7.05 Å². The summed E-state index contributed by atoms with van der Waals surface area (Å²) < 4.78 is 58.8. The highest BCUT2D eigenvalue weighted by Gasteiger charge is 2.38. The average molecular weight is 602 g/mol. The van der Waals surface area contributed by atoms with E-state index >= 15 is 0 Å². The fourth-order valence-corrected chi connectivity index (χ4v) is 5.91. The molecule has 0 radical (unpaired) electrons. The normalized spacial score (nSPS) is 21.5. The number of nitrogens with zero attached hydrogens (tertiary/aromatic N) is 5. The third-order valence-corrected chi connectivity index (χ3v) is 8.37. The fourth-order valence-electron chi connectivity index (χ4n) is 3.92. The topological polar surface area (TPSA) is 223 Å². The van der Waals surface area contributed by atoms with E-state index in [1.54, 1.807) is 4.31 Å². The minimum Gasteiger partial charge on any atom is -0.475 e. The number of guanidine groups is 1. The number of carbonyl (C=O) groups excluding carboxylic acids is 1. The Morgan fingerprint density at radius 2 is 1.64 bits per heavy atom. The number of rotatable bonds is 5. The number of halogens is 4. The number of carboxylic acids is 1. The molecule has 19 heteroatoms. The molecular formula is C20H31ClF3N9O5S. The number of aromatic nitrogens is 2. The Bertz CT molecular complexity index is 1170. The van der Waals surface area contributed by atoms with Crippen molar-refractivity contribution in [2.45, 2.75) is 37.9 Å². The maximum atomic E-state index is 12.7. The number of carbonyl (C=O) groups is 2. The molecule has 220 valence electrons. The smallest absolute Gasteiger partial charge is 0.475 e. The van der Waals surface area contributed by atoms with Gasteiger partial charge in [0.05, 0.1) is 11.8 Å². The predicted molar refractivity (Wildman–Crippen MR) is 137 cm³/mol. The van der Waals surface area contributed by atoms with E-state index in [1.165, 1.54) is 0 Å². The molecule has 0 spiro atoms.